The van der Waals surface area contributed by atoms with E-state index >= 15 is 0 Å². The van der Waals surface area contributed by atoms with E-state index in [1.807, 2.05) is 6.92 Å². The molecule has 2 N–H and O–H groups in total. The van der Waals surface area contributed by atoms with E-state index in [9.17, 15) is 4.79 Å². The maximum absolute atomic E-state index is 11.7. The Hall–Kier alpha value is -0.570. The summed E-state index contributed by atoms with van der Waals surface area (Å²) in [6.07, 6.45) is 2.29. The minimum absolute atomic E-state index is 0.172. The van der Waals surface area contributed by atoms with Crippen molar-refractivity contribution in [2.45, 2.75) is 33.6 Å². The zero-order chi connectivity index (χ0) is 11.3. The van der Waals surface area contributed by atoms with Crippen LogP contribution in [0.25, 0.3) is 0 Å². The van der Waals surface area contributed by atoms with Gasteiger partial charge in [-0.25, -0.2) is 0 Å². The number of carbonyl (C=O) groups is 1. The predicted molar refractivity (Wildman–Crippen MR) is 62.6 cm³/mol. The molecule has 15 heavy (non-hydrogen) atoms. The van der Waals surface area contributed by atoms with Crippen molar-refractivity contribution in [2.75, 3.05) is 19.6 Å². The molecular formula is C12H24N2O. The Morgan fingerprint density at radius 1 is 1.40 bits per heavy atom. The van der Waals surface area contributed by atoms with E-state index in [0.29, 0.717) is 5.92 Å². The van der Waals surface area contributed by atoms with Gasteiger partial charge in [0.15, 0.2) is 0 Å². The second-order valence-corrected chi connectivity index (χ2v) is 5.03. The molecular weight excluding hydrogens is 188 g/mol. The molecule has 1 unspecified atom stereocenters. The van der Waals surface area contributed by atoms with Crippen LogP contribution in [0.4, 0.5) is 0 Å². The molecule has 1 saturated heterocycles. The molecule has 1 fully saturated rings. The van der Waals surface area contributed by atoms with Gasteiger partial charge in [-0.1, -0.05) is 20.8 Å². The van der Waals surface area contributed by atoms with Gasteiger partial charge >= 0.3 is 0 Å². The first-order valence-electron chi connectivity index (χ1n) is 6.09. The Balaban J connectivity index is 2.07. The Bertz CT molecular complexity index is 200. The summed E-state index contributed by atoms with van der Waals surface area (Å²) in [5.41, 5.74) is 0. The molecule has 0 bridgehead atoms. The number of amides is 1. The van der Waals surface area contributed by atoms with Gasteiger partial charge in [0.05, 0.1) is 0 Å². The summed E-state index contributed by atoms with van der Waals surface area (Å²) < 4.78 is 0. The van der Waals surface area contributed by atoms with E-state index in [1.165, 1.54) is 6.42 Å². The van der Waals surface area contributed by atoms with E-state index in [4.69, 9.17) is 0 Å². The molecule has 1 amide bonds. The normalized spacial score (nSPS) is 18.7. The van der Waals surface area contributed by atoms with Crippen LogP contribution < -0.4 is 10.6 Å². The molecule has 1 aliphatic rings. The molecule has 0 radical (unpaired) electrons. The molecule has 0 aromatic heterocycles. The van der Waals surface area contributed by atoms with Crippen LogP contribution in [0.2, 0.25) is 0 Å². The van der Waals surface area contributed by atoms with Crippen molar-refractivity contribution in [3.05, 3.63) is 0 Å². The summed E-state index contributed by atoms with van der Waals surface area (Å²) in [6.45, 7) is 9.29. The van der Waals surface area contributed by atoms with E-state index in [-0.39, 0.29) is 11.8 Å². The highest BCUT2D eigenvalue weighted by atomic mass is 16.1. The van der Waals surface area contributed by atoms with Gasteiger partial charge in [0.25, 0.3) is 0 Å². The Labute approximate surface area is 93.0 Å². The molecule has 0 spiro atoms. The van der Waals surface area contributed by atoms with E-state index in [0.717, 1.165) is 32.0 Å². The molecule has 0 aromatic rings. The number of hydrogen-bond donors (Lipinski definition) is 2. The van der Waals surface area contributed by atoms with Gasteiger partial charge in [0, 0.05) is 12.5 Å². The minimum atomic E-state index is 0.172. The Kier molecular flexibility index (Phi) is 5.09. The first-order valence-corrected chi connectivity index (χ1v) is 6.09. The van der Waals surface area contributed by atoms with Gasteiger partial charge in [0.2, 0.25) is 5.91 Å². The molecule has 3 heteroatoms. The highest BCUT2D eigenvalue weighted by molar-refractivity contribution is 5.78. The zero-order valence-corrected chi connectivity index (χ0v) is 10.2. The summed E-state index contributed by atoms with van der Waals surface area (Å²) in [5, 5.41) is 6.22. The summed E-state index contributed by atoms with van der Waals surface area (Å²) in [6, 6.07) is 0. The molecule has 0 saturated carbocycles. The summed E-state index contributed by atoms with van der Waals surface area (Å²) in [4.78, 5) is 11.7. The molecule has 1 rings (SSSR count). The fourth-order valence-corrected chi connectivity index (χ4v) is 1.76. The van der Waals surface area contributed by atoms with Crippen LogP contribution in [0.3, 0.4) is 0 Å². The lowest BCUT2D eigenvalue weighted by Gasteiger charge is -2.31. The van der Waals surface area contributed by atoms with Crippen molar-refractivity contribution in [1.82, 2.24) is 10.6 Å². The molecule has 88 valence electrons. The van der Waals surface area contributed by atoms with Crippen LogP contribution in [0.1, 0.15) is 33.6 Å². The lowest BCUT2D eigenvalue weighted by atomic mass is 9.88. The largest absolute Gasteiger partial charge is 0.356 e. The third-order valence-electron chi connectivity index (χ3n) is 3.19. The van der Waals surface area contributed by atoms with Gasteiger partial charge in [-0.15, -0.1) is 0 Å². The fraction of sp³-hybridized carbons (Fsp3) is 0.917. The van der Waals surface area contributed by atoms with Crippen LogP contribution in [-0.4, -0.2) is 25.5 Å². The lowest BCUT2D eigenvalue weighted by Crippen LogP contribution is -2.49. The molecule has 1 aliphatic heterocycles. The number of nitrogens with one attached hydrogen (secondary N) is 2. The van der Waals surface area contributed by atoms with Crippen LogP contribution in [0, 0.1) is 17.8 Å². The second-order valence-electron chi connectivity index (χ2n) is 5.03. The van der Waals surface area contributed by atoms with Crippen LogP contribution in [0.5, 0.6) is 0 Å². The Morgan fingerprint density at radius 2 is 2.07 bits per heavy atom. The Morgan fingerprint density at radius 3 is 2.53 bits per heavy atom. The minimum Gasteiger partial charge on any atom is -0.356 e. The summed E-state index contributed by atoms with van der Waals surface area (Å²) >= 11 is 0. The second kappa shape index (κ2) is 6.11. The molecule has 3 nitrogen and oxygen atoms in total. The standard InChI is InChI=1S/C12H24N2O/c1-9(2)5-4-6-14-12(15)10(3)11-7-13-8-11/h9-11,13H,4-8H2,1-3H3,(H,14,15). The van der Waals surface area contributed by atoms with E-state index < -0.39 is 0 Å². The van der Waals surface area contributed by atoms with Crippen LogP contribution >= 0.6 is 0 Å². The van der Waals surface area contributed by atoms with Crippen molar-refractivity contribution in [3.8, 4) is 0 Å². The maximum atomic E-state index is 11.7. The average Bonchev–Trinajstić information content (AvgIpc) is 2.08. The van der Waals surface area contributed by atoms with Gasteiger partial charge in [-0.2, -0.15) is 0 Å². The predicted octanol–water partition coefficient (Wildman–Crippen LogP) is 1.39. The quantitative estimate of drug-likeness (QED) is 0.653. The number of rotatable bonds is 6. The number of carbonyl (C=O) groups excluding carboxylic acids is 1. The molecule has 1 heterocycles. The highest BCUT2D eigenvalue weighted by Gasteiger charge is 2.28. The van der Waals surface area contributed by atoms with Gasteiger partial charge in [-0.05, 0) is 37.8 Å². The summed E-state index contributed by atoms with van der Waals surface area (Å²) in [7, 11) is 0. The molecule has 1 atom stereocenters. The highest BCUT2D eigenvalue weighted by Crippen LogP contribution is 2.15. The fourth-order valence-electron chi connectivity index (χ4n) is 1.76. The first kappa shape index (κ1) is 12.5. The van der Waals surface area contributed by atoms with E-state index in [1.54, 1.807) is 0 Å². The topological polar surface area (TPSA) is 41.1 Å². The monoisotopic (exact) mass is 212 g/mol. The smallest absolute Gasteiger partial charge is 0.223 e. The summed E-state index contributed by atoms with van der Waals surface area (Å²) in [5.74, 6) is 1.68. The van der Waals surface area contributed by atoms with Crippen molar-refractivity contribution < 1.29 is 4.79 Å². The third kappa shape index (κ3) is 4.20. The zero-order valence-electron chi connectivity index (χ0n) is 10.2. The van der Waals surface area contributed by atoms with Crippen molar-refractivity contribution in [1.29, 1.82) is 0 Å². The van der Waals surface area contributed by atoms with Crippen LogP contribution in [-0.2, 0) is 4.79 Å². The lowest BCUT2D eigenvalue weighted by molar-refractivity contribution is -0.126. The first-order chi connectivity index (χ1) is 7.11. The number of hydrogen-bond acceptors (Lipinski definition) is 2. The van der Waals surface area contributed by atoms with Gasteiger partial charge in [-0.3, -0.25) is 4.79 Å². The maximum Gasteiger partial charge on any atom is 0.223 e. The van der Waals surface area contributed by atoms with Crippen molar-refractivity contribution in [3.63, 3.8) is 0 Å². The molecule has 0 aromatic carbocycles. The van der Waals surface area contributed by atoms with Gasteiger partial charge < -0.3 is 10.6 Å². The third-order valence-corrected chi connectivity index (χ3v) is 3.19. The van der Waals surface area contributed by atoms with Crippen LogP contribution in [0.15, 0.2) is 0 Å². The molecule has 0 aliphatic carbocycles. The van der Waals surface area contributed by atoms with Gasteiger partial charge in [0.1, 0.15) is 0 Å². The van der Waals surface area contributed by atoms with E-state index in [2.05, 4.69) is 24.5 Å². The van der Waals surface area contributed by atoms with Crippen molar-refractivity contribution >= 4 is 5.91 Å². The SMILES string of the molecule is CC(C)CCCNC(=O)C(C)C1CNC1. The average molecular weight is 212 g/mol. The van der Waals surface area contributed by atoms with Crippen molar-refractivity contribution in [2.24, 2.45) is 17.8 Å².